The van der Waals surface area contributed by atoms with Crippen molar-refractivity contribution in [2.45, 2.75) is 46.8 Å². The van der Waals surface area contributed by atoms with Crippen molar-refractivity contribution in [2.24, 2.45) is 5.92 Å². The first-order valence-corrected chi connectivity index (χ1v) is 8.55. The lowest BCUT2D eigenvalue weighted by atomic mass is 10.0. The van der Waals surface area contributed by atoms with E-state index in [1.165, 1.54) is 0 Å². The minimum atomic E-state index is -0.405. The summed E-state index contributed by atoms with van der Waals surface area (Å²) in [6.45, 7) is 8.72. The molecule has 2 aromatic rings. The molecule has 0 aliphatic carbocycles. The topological polar surface area (TPSA) is 92.1 Å². The van der Waals surface area contributed by atoms with Crippen LogP contribution < -0.4 is 10.6 Å². The molecule has 2 rings (SSSR count). The fourth-order valence-corrected chi connectivity index (χ4v) is 2.47. The van der Waals surface area contributed by atoms with Gasteiger partial charge in [-0.15, -0.1) is 0 Å². The van der Waals surface area contributed by atoms with E-state index in [0.29, 0.717) is 25.2 Å². The SMILES string of the molecule is Cc1nc(C)n(Cc2cccc(NC(=O)NCCC(O)C(C)C)c2)n1. The second kappa shape index (κ2) is 8.62. The van der Waals surface area contributed by atoms with Gasteiger partial charge in [0, 0.05) is 12.2 Å². The minimum absolute atomic E-state index is 0.186. The second-order valence-corrected chi connectivity index (χ2v) is 6.55. The fraction of sp³-hybridized carbons (Fsp3) is 0.500. The summed E-state index contributed by atoms with van der Waals surface area (Å²) >= 11 is 0. The standard InChI is InChI=1S/C18H27N5O2/c1-12(2)17(24)8-9-19-18(25)21-16-7-5-6-15(10-16)11-23-14(4)20-13(3)22-23/h5-7,10,12,17,24H,8-9,11H2,1-4H3,(H2,19,21,25). The largest absolute Gasteiger partial charge is 0.393 e. The second-order valence-electron chi connectivity index (χ2n) is 6.55. The molecule has 1 heterocycles. The monoisotopic (exact) mass is 345 g/mol. The van der Waals surface area contributed by atoms with Gasteiger partial charge in [-0.25, -0.2) is 14.5 Å². The first-order valence-electron chi connectivity index (χ1n) is 8.55. The van der Waals surface area contributed by atoms with Crippen molar-refractivity contribution in [1.29, 1.82) is 0 Å². The van der Waals surface area contributed by atoms with Gasteiger partial charge in [-0.05, 0) is 43.9 Å². The third-order valence-electron chi connectivity index (χ3n) is 3.97. The fourth-order valence-electron chi connectivity index (χ4n) is 2.47. The molecule has 0 radical (unpaired) electrons. The molecule has 1 aromatic carbocycles. The third-order valence-corrected chi connectivity index (χ3v) is 3.97. The van der Waals surface area contributed by atoms with E-state index < -0.39 is 6.10 Å². The van der Waals surface area contributed by atoms with Crippen LogP contribution in [0.5, 0.6) is 0 Å². The highest BCUT2D eigenvalue weighted by Gasteiger charge is 2.10. The first kappa shape index (κ1) is 18.9. The van der Waals surface area contributed by atoms with Crippen molar-refractivity contribution >= 4 is 11.7 Å². The zero-order valence-corrected chi connectivity index (χ0v) is 15.3. The lowest BCUT2D eigenvalue weighted by Crippen LogP contribution is -2.32. The number of hydrogen-bond donors (Lipinski definition) is 3. The average Bonchev–Trinajstić information content (AvgIpc) is 2.85. The molecule has 0 spiro atoms. The summed E-state index contributed by atoms with van der Waals surface area (Å²) in [5, 5.41) is 19.7. The lowest BCUT2D eigenvalue weighted by Gasteiger charge is -2.15. The van der Waals surface area contributed by atoms with Crippen molar-refractivity contribution in [2.75, 3.05) is 11.9 Å². The van der Waals surface area contributed by atoms with Gasteiger partial charge in [0.15, 0.2) is 0 Å². The van der Waals surface area contributed by atoms with Gasteiger partial charge in [-0.3, -0.25) is 0 Å². The number of aryl methyl sites for hydroxylation is 2. The van der Waals surface area contributed by atoms with E-state index in [2.05, 4.69) is 20.7 Å². The molecule has 1 aromatic heterocycles. The summed E-state index contributed by atoms with van der Waals surface area (Å²) in [6.07, 6.45) is 0.133. The van der Waals surface area contributed by atoms with Gasteiger partial charge < -0.3 is 15.7 Å². The van der Waals surface area contributed by atoms with Gasteiger partial charge in [0.2, 0.25) is 0 Å². The maximum atomic E-state index is 12.0. The molecule has 1 unspecified atom stereocenters. The zero-order chi connectivity index (χ0) is 18.4. The van der Waals surface area contributed by atoms with Crippen LogP contribution in [0.4, 0.5) is 10.5 Å². The van der Waals surface area contributed by atoms with Gasteiger partial charge in [-0.2, -0.15) is 5.10 Å². The van der Waals surface area contributed by atoms with Crippen molar-refractivity contribution in [3.63, 3.8) is 0 Å². The van der Waals surface area contributed by atoms with Crippen molar-refractivity contribution in [3.8, 4) is 0 Å². The van der Waals surface area contributed by atoms with Crippen molar-refractivity contribution in [1.82, 2.24) is 20.1 Å². The Hall–Kier alpha value is -2.41. The maximum Gasteiger partial charge on any atom is 0.319 e. The predicted molar refractivity (Wildman–Crippen MR) is 97.5 cm³/mol. The lowest BCUT2D eigenvalue weighted by molar-refractivity contribution is 0.117. The Morgan fingerprint density at radius 1 is 1.32 bits per heavy atom. The number of benzene rings is 1. The highest BCUT2D eigenvalue weighted by atomic mass is 16.3. The van der Waals surface area contributed by atoms with Gasteiger partial charge in [0.1, 0.15) is 11.6 Å². The van der Waals surface area contributed by atoms with Crippen molar-refractivity contribution in [3.05, 3.63) is 41.5 Å². The Bertz CT molecular complexity index is 711. The molecule has 136 valence electrons. The molecule has 3 N–H and O–H groups in total. The number of anilines is 1. The molecule has 0 fully saturated rings. The number of nitrogens with zero attached hydrogens (tertiary/aromatic N) is 3. The summed E-state index contributed by atoms with van der Waals surface area (Å²) in [7, 11) is 0. The van der Waals surface area contributed by atoms with Crippen LogP contribution in [0.1, 0.15) is 37.5 Å². The van der Waals surface area contributed by atoms with Gasteiger partial charge >= 0.3 is 6.03 Å². The number of hydrogen-bond acceptors (Lipinski definition) is 4. The van der Waals surface area contributed by atoms with Crippen LogP contribution >= 0.6 is 0 Å². The molecule has 2 amide bonds. The number of carbonyl (C=O) groups excluding carboxylic acids is 1. The van der Waals surface area contributed by atoms with Crippen molar-refractivity contribution < 1.29 is 9.90 Å². The molecule has 1 atom stereocenters. The Morgan fingerprint density at radius 3 is 2.72 bits per heavy atom. The van der Waals surface area contributed by atoms with E-state index in [4.69, 9.17) is 0 Å². The summed E-state index contributed by atoms with van der Waals surface area (Å²) in [6, 6.07) is 7.36. The molecule has 0 aliphatic rings. The number of carbonyl (C=O) groups is 1. The smallest absolute Gasteiger partial charge is 0.319 e. The molecule has 0 bridgehead atoms. The number of aromatic nitrogens is 3. The van der Waals surface area contributed by atoms with E-state index in [1.54, 1.807) is 0 Å². The number of rotatable bonds is 7. The summed E-state index contributed by atoms with van der Waals surface area (Å²) in [4.78, 5) is 16.2. The van der Waals surface area contributed by atoms with E-state index in [-0.39, 0.29) is 11.9 Å². The number of aliphatic hydroxyl groups is 1. The number of aliphatic hydroxyl groups excluding tert-OH is 1. The molecule has 0 saturated heterocycles. The van der Waals surface area contributed by atoms with Crippen LogP contribution in [-0.4, -0.2) is 38.6 Å². The molecule has 0 saturated carbocycles. The molecule has 7 heteroatoms. The van der Waals surface area contributed by atoms with Crippen LogP contribution in [0.2, 0.25) is 0 Å². The van der Waals surface area contributed by atoms with Crippen LogP contribution in [0, 0.1) is 19.8 Å². The third kappa shape index (κ3) is 5.86. The Balaban J connectivity index is 1.88. The van der Waals surface area contributed by atoms with Crippen LogP contribution in [0.3, 0.4) is 0 Å². The molecule has 7 nitrogen and oxygen atoms in total. The Morgan fingerprint density at radius 2 is 2.08 bits per heavy atom. The van der Waals surface area contributed by atoms with Gasteiger partial charge in [0.25, 0.3) is 0 Å². The highest BCUT2D eigenvalue weighted by Crippen LogP contribution is 2.12. The molecule has 0 aliphatic heterocycles. The highest BCUT2D eigenvalue weighted by molar-refractivity contribution is 5.89. The number of amides is 2. The molecule has 25 heavy (non-hydrogen) atoms. The summed E-state index contributed by atoms with van der Waals surface area (Å²) in [5.74, 6) is 1.79. The Kier molecular flexibility index (Phi) is 6.52. The zero-order valence-electron chi connectivity index (χ0n) is 15.3. The normalized spacial score (nSPS) is 12.2. The summed E-state index contributed by atoms with van der Waals surface area (Å²) < 4.78 is 1.84. The van der Waals surface area contributed by atoms with Gasteiger partial charge in [-0.1, -0.05) is 26.0 Å². The average molecular weight is 345 g/mol. The quantitative estimate of drug-likeness (QED) is 0.719. The maximum absolute atomic E-state index is 12.0. The molecular weight excluding hydrogens is 318 g/mol. The Labute approximate surface area is 148 Å². The number of nitrogens with one attached hydrogen (secondary N) is 2. The number of urea groups is 1. The van der Waals surface area contributed by atoms with Gasteiger partial charge in [0.05, 0.1) is 12.6 Å². The van der Waals surface area contributed by atoms with Crippen LogP contribution in [0.25, 0.3) is 0 Å². The van der Waals surface area contributed by atoms with E-state index in [1.807, 2.05) is 56.6 Å². The molecular formula is C18H27N5O2. The van der Waals surface area contributed by atoms with E-state index >= 15 is 0 Å². The van der Waals surface area contributed by atoms with Crippen LogP contribution in [0.15, 0.2) is 24.3 Å². The summed E-state index contributed by atoms with van der Waals surface area (Å²) in [5.41, 5.74) is 1.75. The minimum Gasteiger partial charge on any atom is -0.393 e. The van der Waals surface area contributed by atoms with E-state index in [0.717, 1.165) is 17.2 Å². The first-order chi connectivity index (χ1) is 11.8. The van der Waals surface area contributed by atoms with Crippen LogP contribution in [-0.2, 0) is 6.54 Å². The van der Waals surface area contributed by atoms with E-state index in [9.17, 15) is 9.90 Å². The predicted octanol–water partition coefficient (Wildman–Crippen LogP) is 2.47.